The Morgan fingerprint density at radius 1 is 0.927 bits per heavy atom. The maximum Gasteiger partial charge on any atom is 0.251 e. The van der Waals surface area contributed by atoms with Gasteiger partial charge in [0.05, 0.1) is 23.7 Å². The Hall–Kier alpha value is -4.13. The summed E-state index contributed by atoms with van der Waals surface area (Å²) in [5, 5.41) is 7.03. The molecule has 41 heavy (non-hydrogen) atoms. The Morgan fingerprint density at radius 2 is 1.73 bits per heavy atom. The lowest BCUT2D eigenvalue weighted by atomic mass is 9.79. The molecule has 1 aliphatic rings. The van der Waals surface area contributed by atoms with Gasteiger partial charge in [0.2, 0.25) is 0 Å². The topological polar surface area (TPSA) is 57.6 Å². The van der Waals surface area contributed by atoms with Crippen LogP contribution in [0, 0.1) is 5.92 Å². The second kappa shape index (κ2) is 10.1. The first-order valence-corrected chi connectivity index (χ1v) is 14.4. The van der Waals surface area contributed by atoms with E-state index in [2.05, 4.69) is 23.2 Å². The van der Waals surface area contributed by atoms with E-state index in [1.165, 1.54) is 0 Å². The van der Waals surface area contributed by atoms with E-state index < -0.39 is 5.54 Å². The second-order valence-corrected chi connectivity index (χ2v) is 11.6. The van der Waals surface area contributed by atoms with Crippen LogP contribution in [0.15, 0.2) is 109 Å². The van der Waals surface area contributed by atoms with Crippen LogP contribution >= 0.6 is 23.2 Å². The van der Waals surface area contributed by atoms with Crippen molar-refractivity contribution in [3.8, 4) is 11.1 Å². The number of hydrogen-bond donors (Lipinski definition) is 0. The number of imidazole rings is 1. The molecule has 1 aliphatic carbocycles. The van der Waals surface area contributed by atoms with E-state index >= 15 is 0 Å². The number of fused-ring (bicyclic) bond motifs is 1. The molecule has 3 heterocycles. The maximum atomic E-state index is 13.5. The number of benzene rings is 3. The van der Waals surface area contributed by atoms with Crippen molar-refractivity contribution in [2.75, 3.05) is 0 Å². The van der Waals surface area contributed by atoms with Gasteiger partial charge >= 0.3 is 0 Å². The smallest absolute Gasteiger partial charge is 0.251 e. The van der Waals surface area contributed by atoms with Crippen molar-refractivity contribution in [1.82, 2.24) is 23.9 Å². The first-order chi connectivity index (χ1) is 19.9. The Balaban J connectivity index is 1.59. The largest absolute Gasteiger partial charge is 0.335 e. The van der Waals surface area contributed by atoms with E-state index in [1.54, 1.807) is 18.6 Å². The zero-order valence-corrected chi connectivity index (χ0v) is 23.9. The molecule has 1 unspecified atom stereocenters. The quantitative estimate of drug-likeness (QED) is 0.202. The average Bonchev–Trinajstić information content (AvgIpc) is 3.42. The molecule has 0 aliphatic heterocycles. The highest BCUT2D eigenvalue weighted by atomic mass is 35.5. The van der Waals surface area contributed by atoms with Gasteiger partial charge in [-0.2, -0.15) is 5.10 Å². The number of nitrogens with zero attached hydrogens (tertiary/aromatic N) is 5. The van der Waals surface area contributed by atoms with Gasteiger partial charge in [0.15, 0.2) is 5.54 Å². The van der Waals surface area contributed by atoms with Crippen molar-refractivity contribution in [3.63, 3.8) is 0 Å². The van der Waals surface area contributed by atoms with Gasteiger partial charge in [0, 0.05) is 47.5 Å². The molecule has 6 aromatic rings. The molecule has 204 valence electrons. The van der Waals surface area contributed by atoms with Gasteiger partial charge < -0.3 is 9.13 Å². The lowest BCUT2D eigenvalue weighted by molar-refractivity contribution is 0.436. The van der Waals surface area contributed by atoms with E-state index in [0.29, 0.717) is 22.5 Å². The molecule has 0 N–H and O–H groups in total. The van der Waals surface area contributed by atoms with Crippen LogP contribution in [-0.2, 0) is 19.1 Å². The van der Waals surface area contributed by atoms with Crippen LogP contribution < -0.4 is 5.56 Å². The average molecular weight is 581 g/mol. The molecule has 1 saturated carbocycles. The Morgan fingerprint density at radius 3 is 2.41 bits per heavy atom. The maximum absolute atomic E-state index is 13.5. The van der Waals surface area contributed by atoms with Gasteiger partial charge in [0.25, 0.3) is 5.56 Å². The van der Waals surface area contributed by atoms with E-state index in [4.69, 9.17) is 28.3 Å². The van der Waals surface area contributed by atoms with Crippen molar-refractivity contribution < 1.29 is 0 Å². The van der Waals surface area contributed by atoms with Gasteiger partial charge in [-0.25, -0.2) is 4.98 Å². The Labute approximate surface area is 247 Å². The fourth-order valence-corrected chi connectivity index (χ4v) is 6.28. The zero-order chi connectivity index (χ0) is 28.1. The molecule has 1 fully saturated rings. The second-order valence-electron chi connectivity index (χ2n) is 10.8. The van der Waals surface area contributed by atoms with Crippen LogP contribution in [0.25, 0.3) is 22.0 Å². The van der Waals surface area contributed by atoms with Gasteiger partial charge in [-0.15, -0.1) is 0 Å². The first-order valence-electron chi connectivity index (χ1n) is 13.6. The van der Waals surface area contributed by atoms with Crippen LogP contribution in [-0.4, -0.2) is 23.9 Å². The highest BCUT2D eigenvalue weighted by Crippen LogP contribution is 2.43. The predicted octanol–water partition coefficient (Wildman–Crippen LogP) is 7.16. The lowest BCUT2D eigenvalue weighted by Gasteiger charge is -2.36. The summed E-state index contributed by atoms with van der Waals surface area (Å²) >= 11 is 12.8. The number of halogens is 2. The molecule has 8 heteroatoms. The van der Waals surface area contributed by atoms with E-state index in [1.807, 2.05) is 87.9 Å². The van der Waals surface area contributed by atoms with Crippen LogP contribution in [0.2, 0.25) is 10.0 Å². The third kappa shape index (κ3) is 4.39. The van der Waals surface area contributed by atoms with Crippen LogP contribution in [0.1, 0.15) is 29.7 Å². The summed E-state index contributed by atoms with van der Waals surface area (Å²) in [6.07, 6.45) is 9.75. The molecule has 1 atom stereocenters. The van der Waals surface area contributed by atoms with Crippen LogP contribution in [0.3, 0.4) is 0 Å². The Bertz CT molecular complexity index is 1940. The molecule has 0 radical (unpaired) electrons. The molecule has 6 nitrogen and oxygen atoms in total. The minimum absolute atomic E-state index is 0.00481. The van der Waals surface area contributed by atoms with Crippen molar-refractivity contribution in [2.24, 2.45) is 13.0 Å². The summed E-state index contributed by atoms with van der Waals surface area (Å²) in [6, 6.07) is 25.6. The van der Waals surface area contributed by atoms with Gasteiger partial charge in [0.1, 0.15) is 0 Å². The third-order valence-corrected chi connectivity index (χ3v) is 8.59. The third-order valence-electron chi connectivity index (χ3n) is 8.10. The number of pyridine rings is 1. The highest BCUT2D eigenvalue weighted by Gasteiger charge is 2.42. The van der Waals surface area contributed by atoms with Crippen molar-refractivity contribution in [1.29, 1.82) is 0 Å². The lowest BCUT2D eigenvalue weighted by Crippen LogP contribution is -2.40. The predicted molar refractivity (Wildman–Crippen MR) is 164 cm³/mol. The van der Waals surface area contributed by atoms with Crippen molar-refractivity contribution in [2.45, 2.75) is 24.9 Å². The molecule has 0 saturated heterocycles. The van der Waals surface area contributed by atoms with Crippen molar-refractivity contribution >= 4 is 34.1 Å². The molecule has 0 amide bonds. The minimum Gasteiger partial charge on any atom is -0.335 e. The van der Waals surface area contributed by atoms with Gasteiger partial charge in [-0.1, -0.05) is 53.5 Å². The van der Waals surface area contributed by atoms with Gasteiger partial charge in [-0.3, -0.25) is 9.48 Å². The molecule has 7 rings (SSSR count). The van der Waals surface area contributed by atoms with E-state index in [9.17, 15) is 4.79 Å². The highest BCUT2D eigenvalue weighted by molar-refractivity contribution is 6.31. The molecule has 0 bridgehead atoms. The first kappa shape index (κ1) is 25.8. The normalized spacial score (nSPS) is 14.8. The standard InChI is InChI=1S/C33H27Cl2N5O/c1-38-21-36-19-31(38)33(40-15-3-14-37-40,24-8-11-26(34)12-9-24)25-10-13-30-29(17-25)28(23-4-2-5-27(35)16-23)18-32(41)39(30)20-22-6-7-22/h2-5,8-19,21-22H,6-7,20H2,1H3. The SMILES string of the molecule is Cn1cncc1C(c1ccc(Cl)cc1)(c1ccc2c(c1)c(-c1cccc(Cl)c1)cc(=O)n2CC1CC1)n1cccn1. The number of aromatic nitrogens is 5. The number of aryl methyl sites for hydroxylation is 1. The van der Waals surface area contributed by atoms with Crippen LogP contribution in [0.5, 0.6) is 0 Å². The summed E-state index contributed by atoms with van der Waals surface area (Å²) in [7, 11) is 1.99. The summed E-state index contributed by atoms with van der Waals surface area (Å²) in [5.41, 5.74) is 4.64. The number of hydrogen-bond acceptors (Lipinski definition) is 3. The minimum atomic E-state index is -0.878. The summed E-state index contributed by atoms with van der Waals surface area (Å²) in [5.74, 6) is 0.541. The fraction of sp³-hybridized carbons (Fsp3) is 0.182. The van der Waals surface area contributed by atoms with E-state index in [-0.39, 0.29) is 5.56 Å². The molecule has 3 aromatic carbocycles. The summed E-state index contributed by atoms with van der Waals surface area (Å²) in [6.45, 7) is 0.716. The Kier molecular flexibility index (Phi) is 6.33. The molecule has 0 spiro atoms. The van der Waals surface area contributed by atoms with Crippen LogP contribution in [0.4, 0.5) is 0 Å². The molecular formula is C33H27Cl2N5O. The van der Waals surface area contributed by atoms with Gasteiger partial charge in [-0.05, 0) is 83.5 Å². The summed E-state index contributed by atoms with van der Waals surface area (Å²) < 4.78 is 5.91. The summed E-state index contributed by atoms with van der Waals surface area (Å²) in [4.78, 5) is 18.0. The van der Waals surface area contributed by atoms with Crippen molar-refractivity contribution in [3.05, 3.63) is 141 Å². The monoisotopic (exact) mass is 579 g/mol. The molecular weight excluding hydrogens is 553 g/mol. The van der Waals surface area contributed by atoms with E-state index in [0.717, 1.165) is 51.7 Å². The fourth-order valence-electron chi connectivity index (χ4n) is 5.96. The zero-order valence-electron chi connectivity index (χ0n) is 22.4. The molecule has 3 aromatic heterocycles. The number of rotatable bonds is 7.